The van der Waals surface area contributed by atoms with Gasteiger partial charge in [0.25, 0.3) is 0 Å². The average molecular weight is 152 g/mol. The van der Waals surface area contributed by atoms with E-state index in [1.807, 2.05) is 0 Å². The molecule has 0 fully saturated rings. The lowest BCUT2D eigenvalue weighted by atomic mass is 10.8. The molecular formula is C5H13O3P. The highest BCUT2D eigenvalue weighted by Crippen LogP contribution is 2.41. The summed E-state index contributed by atoms with van der Waals surface area (Å²) in [6.45, 7) is 3.50. The SMILES string of the molecule is CCP(C)(=O)OCCO. The largest absolute Gasteiger partial charge is 0.394 e. The molecule has 0 amide bonds. The second-order valence-electron chi connectivity index (χ2n) is 1.89. The number of aliphatic hydroxyl groups excluding tert-OH is 1. The highest BCUT2D eigenvalue weighted by Gasteiger charge is 2.10. The Kier molecular flexibility index (Phi) is 4.11. The predicted octanol–water partition coefficient (Wildman–Crippen LogP) is 0.923. The summed E-state index contributed by atoms with van der Waals surface area (Å²) in [7, 11) is -2.35. The Labute approximate surface area is 55.5 Å². The summed E-state index contributed by atoms with van der Waals surface area (Å²) in [6.07, 6.45) is 0.535. The van der Waals surface area contributed by atoms with E-state index < -0.39 is 7.37 Å². The Bertz CT molecular complexity index is 113. The topological polar surface area (TPSA) is 46.5 Å². The van der Waals surface area contributed by atoms with E-state index >= 15 is 0 Å². The van der Waals surface area contributed by atoms with Gasteiger partial charge in [0, 0.05) is 12.8 Å². The molecule has 9 heavy (non-hydrogen) atoms. The van der Waals surface area contributed by atoms with Crippen LogP contribution in [-0.4, -0.2) is 31.1 Å². The van der Waals surface area contributed by atoms with Crippen LogP contribution >= 0.6 is 7.37 Å². The van der Waals surface area contributed by atoms with Gasteiger partial charge < -0.3 is 9.63 Å². The first-order valence-electron chi connectivity index (χ1n) is 2.94. The lowest BCUT2D eigenvalue weighted by Gasteiger charge is -2.08. The standard InChI is InChI=1S/C5H13O3P/c1-3-9(2,7)8-5-4-6/h6H,3-5H2,1-2H3. The van der Waals surface area contributed by atoms with Gasteiger partial charge in [-0.1, -0.05) is 6.92 Å². The molecule has 0 aliphatic carbocycles. The fourth-order valence-electron chi connectivity index (χ4n) is 0.325. The third kappa shape index (κ3) is 4.64. The van der Waals surface area contributed by atoms with Crippen LogP contribution in [0.2, 0.25) is 0 Å². The molecule has 1 unspecified atom stereocenters. The molecule has 0 radical (unpaired) electrons. The van der Waals surface area contributed by atoms with Crippen LogP contribution < -0.4 is 0 Å². The van der Waals surface area contributed by atoms with Gasteiger partial charge in [-0.15, -0.1) is 0 Å². The molecule has 0 bridgehead atoms. The number of rotatable bonds is 4. The highest BCUT2D eigenvalue weighted by atomic mass is 31.2. The molecule has 3 nitrogen and oxygen atoms in total. The molecular weight excluding hydrogens is 139 g/mol. The van der Waals surface area contributed by atoms with E-state index in [2.05, 4.69) is 0 Å². The summed E-state index contributed by atoms with van der Waals surface area (Å²) in [4.78, 5) is 0. The lowest BCUT2D eigenvalue weighted by Crippen LogP contribution is -1.97. The molecule has 0 aromatic heterocycles. The van der Waals surface area contributed by atoms with Crippen molar-refractivity contribution in [2.24, 2.45) is 0 Å². The van der Waals surface area contributed by atoms with E-state index in [4.69, 9.17) is 9.63 Å². The third-order valence-electron chi connectivity index (χ3n) is 1.03. The minimum absolute atomic E-state index is 0.0577. The van der Waals surface area contributed by atoms with Crippen molar-refractivity contribution in [3.8, 4) is 0 Å². The summed E-state index contributed by atoms with van der Waals surface area (Å²) < 4.78 is 15.8. The van der Waals surface area contributed by atoms with E-state index in [1.165, 1.54) is 0 Å². The van der Waals surface area contributed by atoms with Crippen molar-refractivity contribution in [1.29, 1.82) is 0 Å². The van der Waals surface area contributed by atoms with Crippen LogP contribution in [0, 0.1) is 0 Å². The second kappa shape index (κ2) is 4.04. The van der Waals surface area contributed by atoms with E-state index in [-0.39, 0.29) is 13.2 Å². The van der Waals surface area contributed by atoms with Gasteiger partial charge in [0.1, 0.15) is 0 Å². The van der Waals surface area contributed by atoms with E-state index in [0.717, 1.165) is 0 Å². The molecule has 0 spiro atoms. The van der Waals surface area contributed by atoms with E-state index in [9.17, 15) is 4.57 Å². The molecule has 1 atom stereocenters. The number of hydrogen-bond acceptors (Lipinski definition) is 3. The van der Waals surface area contributed by atoms with Gasteiger partial charge in [-0.2, -0.15) is 0 Å². The van der Waals surface area contributed by atoms with Gasteiger partial charge in [0.2, 0.25) is 0 Å². The van der Waals surface area contributed by atoms with Crippen LogP contribution in [0.25, 0.3) is 0 Å². The first-order valence-corrected chi connectivity index (χ1v) is 5.20. The normalized spacial score (nSPS) is 17.2. The summed E-state index contributed by atoms with van der Waals surface area (Å²) in [5.41, 5.74) is 0. The molecule has 0 aliphatic rings. The van der Waals surface area contributed by atoms with Crippen molar-refractivity contribution in [1.82, 2.24) is 0 Å². The maximum atomic E-state index is 11.0. The van der Waals surface area contributed by atoms with Gasteiger partial charge in [-0.25, -0.2) is 0 Å². The minimum atomic E-state index is -2.35. The first kappa shape index (κ1) is 9.15. The van der Waals surface area contributed by atoms with Crippen LogP contribution in [0.5, 0.6) is 0 Å². The Morgan fingerprint density at radius 3 is 2.56 bits per heavy atom. The van der Waals surface area contributed by atoms with Crippen LogP contribution in [0.4, 0.5) is 0 Å². The molecule has 56 valence electrons. The van der Waals surface area contributed by atoms with Crippen molar-refractivity contribution in [2.75, 3.05) is 26.0 Å². The first-order chi connectivity index (χ1) is 4.12. The molecule has 1 N–H and O–H groups in total. The quantitative estimate of drug-likeness (QED) is 0.609. The number of aliphatic hydroxyl groups is 1. The summed E-state index contributed by atoms with van der Waals surface area (Å²) >= 11 is 0. The smallest absolute Gasteiger partial charge is 0.199 e. The summed E-state index contributed by atoms with van der Waals surface area (Å²) in [6, 6.07) is 0. The van der Waals surface area contributed by atoms with Gasteiger partial charge in [0.15, 0.2) is 7.37 Å². The monoisotopic (exact) mass is 152 g/mol. The maximum Gasteiger partial charge on any atom is 0.199 e. The fraction of sp³-hybridized carbons (Fsp3) is 1.00. The third-order valence-corrected chi connectivity index (χ3v) is 2.91. The zero-order valence-electron chi connectivity index (χ0n) is 5.83. The Hall–Kier alpha value is 0.150. The van der Waals surface area contributed by atoms with Crippen molar-refractivity contribution in [3.05, 3.63) is 0 Å². The Morgan fingerprint density at radius 1 is 1.67 bits per heavy atom. The average Bonchev–Trinajstić information content (AvgIpc) is 1.84. The van der Waals surface area contributed by atoms with Crippen molar-refractivity contribution >= 4 is 7.37 Å². The minimum Gasteiger partial charge on any atom is -0.394 e. The molecule has 0 heterocycles. The summed E-state index contributed by atoms with van der Waals surface area (Å²) in [5, 5.41) is 8.28. The zero-order chi connectivity index (χ0) is 7.33. The van der Waals surface area contributed by atoms with Crippen molar-refractivity contribution in [2.45, 2.75) is 6.92 Å². The van der Waals surface area contributed by atoms with Crippen LogP contribution in [0.15, 0.2) is 0 Å². The van der Waals surface area contributed by atoms with Gasteiger partial charge >= 0.3 is 0 Å². The molecule has 0 rings (SSSR count). The predicted molar refractivity (Wildman–Crippen MR) is 37.1 cm³/mol. The van der Waals surface area contributed by atoms with E-state index in [1.54, 1.807) is 13.6 Å². The van der Waals surface area contributed by atoms with E-state index in [0.29, 0.717) is 6.16 Å². The molecule has 0 aromatic carbocycles. The van der Waals surface area contributed by atoms with Gasteiger partial charge in [-0.3, -0.25) is 4.57 Å². The summed E-state index contributed by atoms with van der Waals surface area (Å²) in [5.74, 6) is 0. The Morgan fingerprint density at radius 2 is 2.22 bits per heavy atom. The zero-order valence-corrected chi connectivity index (χ0v) is 6.73. The second-order valence-corrected chi connectivity index (χ2v) is 4.81. The lowest BCUT2D eigenvalue weighted by molar-refractivity contribution is 0.204. The van der Waals surface area contributed by atoms with Crippen LogP contribution in [0.3, 0.4) is 0 Å². The number of hydrogen-bond donors (Lipinski definition) is 1. The fourth-order valence-corrected chi connectivity index (χ4v) is 0.976. The van der Waals surface area contributed by atoms with Gasteiger partial charge in [0.05, 0.1) is 13.2 Å². The van der Waals surface area contributed by atoms with Gasteiger partial charge in [-0.05, 0) is 0 Å². The molecule has 0 aliphatic heterocycles. The van der Waals surface area contributed by atoms with Crippen molar-refractivity contribution < 1.29 is 14.2 Å². The molecule has 0 saturated heterocycles. The molecule has 0 aromatic rings. The van der Waals surface area contributed by atoms with Crippen LogP contribution in [0.1, 0.15) is 6.92 Å². The molecule has 0 saturated carbocycles. The van der Waals surface area contributed by atoms with Crippen molar-refractivity contribution in [3.63, 3.8) is 0 Å². The Balaban J connectivity index is 3.46. The van der Waals surface area contributed by atoms with Crippen LogP contribution in [-0.2, 0) is 9.09 Å². The maximum absolute atomic E-state index is 11.0. The molecule has 4 heteroatoms. The highest BCUT2D eigenvalue weighted by molar-refractivity contribution is 7.58.